The van der Waals surface area contributed by atoms with Gasteiger partial charge in [0.05, 0.1) is 12.0 Å². The van der Waals surface area contributed by atoms with Gasteiger partial charge < -0.3 is 15.7 Å². The molecule has 3 unspecified atom stereocenters. The smallest absolute Gasteiger partial charge is 0.307 e. The van der Waals surface area contributed by atoms with Crippen LogP contribution in [-0.4, -0.2) is 36.1 Å². The number of hydrogen-bond donors (Lipinski definition) is 3. The predicted molar refractivity (Wildman–Crippen MR) is 44.0 cm³/mol. The quantitative estimate of drug-likeness (QED) is 0.478. The van der Waals surface area contributed by atoms with Gasteiger partial charge in [0.15, 0.2) is 0 Å². The zero-order valence-corrected chi connectivity index (χ0v) is 7.12. The van der Waals surface area contributed by atoms with Crippen LogP contribution in [0.1, 0.15) is 6.42 Å². The number of nitrogens with one attached hydrogen (secondary N) is 2. The van der Waals surface area contributed by atoms with E-state index in [9.17, 15) is 9.59 Å². The van der Waals surface area contributed by atoms with Crippen molar-refractivity contribution in [1.29, 1.82) is 0 Å². The summed E-state index contributed by atoms with van der Waals surface area (Å²) < 4.78 is 0. The summed E-state index contributed by atoms with van der Waals surface area (Å²) in [4.78, 5) is 21.8. The Morgan fingerprint density at radius 2 is 2.23 bits per heavy atom. The maximum Gasteiger partial charge on any atom is 0.307 e. The number of carbonyl (C=O) groups is 2. The number of aliphatic carboxylic acids is 1. The summed E-state index contributed by atoms with van der Waals surface area (Å²) in [5.74, 6) is -0.949. The van der Waals surface area contributed by atoms with Crippen LogP contribution < -0.4 is 10.6 Å². The Hall–Kier alpha value is -1.10. The lowest BCUT2D eigenvalue weighted by Gasteiger charge is -2.28. The number of piperidine rings is 1. The first-order chi connectivity index (χ1) is 6.18. The van der Waals surface area contributed by atoms with E-state index in [4.69, 9.17) is 5.11 Å². The molecule has 2 aliphatic rings. The minimum Gasteiger partial charge on any atom is -0.481 e. The molecule has 0 aromatic carbocycles. The third kappa shape index (κ3) is 1.39. The van der Waals surface area contributed by atoms with E-state index < -0.39 is 5.97 Å². The minimum atomic E-state index is -0.773. The van der Waals surface area contributed by atoms with Crippen LogP contribution in [-0.2, 0) is 9.59 Å². The molecule has 0 radical (unpaired) electrons. The molecule has 0 spiro atoms. The fourth-order valence-corrected chi connectivity index (χ4v) is 2.06. The van der Waals surface area contributed by atoms with Crippen LogP contribution in [0.2, 0.25) is 0 Å². The van der Waals surface area contributed by atoms with Gasteiger partial charge in [0.25, 0.3) is 0 Å². The Kier molecular flexibility index (Phi) is 1.95. The largest absolute Gasteiger partial charge is 0.481 e. The lowest BCUT2D eigenvalue weighted by Crippen LogP contribution is -2.48. The highest BCUT2D eigenvalue weighted by Crippen LogP contribution is 2.24. The lowest BCUT2D eigenvalue weighted by molar-refractivity contribution is -0.143. The average molecular weight is 184 g/mol. The van der Waals surface area contributed by atoms with Crippen molar-refractivity contribution in [1.82, 2.24) is 10.6 Å². The summed E-state index contributed by atoms with van der Waals surface area (Å²) in [6.45, 7) is 1.02. The standard InChI is InChI=1S/C8H12N2O3/c11-7-6-4(2-10-7)1-5(3-9-6)8(12)13/h4-6,9H,1-3H2,(H,10,11)(H,12,13). The molecular weight excluding hydrogens is 172 g/mol. The number of amides is 1. The molecule has 2 heterocycles. The predicted octanol–water partition coefficient (Wildman–Crippen LogP) is -1.20. The molecule has 3 atom stereocenters. The molecule has 0 bridgehead atoms. The van der Waals surface area contributed by atoms with Gasteiger partial charge in [-0.15, -0.1) is 0 Å². The first kappa shape index (κ1) is 8.50. The van der Waals surface area contributed by atoms with Gasteiger partial charge in [-0.1, -0.05) is 0 Å². The van der Waals surface area contributed by atoms with Crippen molar-refractivity contribution in [3.63, 3.8) is 0 Å². The van der Waals surface area contributed by atoms with E-state index in [1.54, 1.807) is 0 Å². The first-order valence-electron chi connectivity index (χ1n) is 4.42. The molecule has 0 saturated carbocycles. The van der Waals surface area contributed by atoms with E-state index in [-0.39, 0.29) is 23.8 Å². The fourth-order valence-electron chi connectivity index (χ4n) is 2.06. The van der Waals surface area contributed by atoms with Gasteiger partial charge in [-0.05, 0) is 6.42 Å². The van der Waals surface area contributed by atoms with Crippen molar-refractivity contribution >= 4 is 11.9 Å². The van der Waals surface area contributed by atoms with E-state index in [0.29, 0.717) is 19.5 Å². The van der Waals surface area contributed by atoms with Crippen molar-refractivity contribution in [2.75, 3.05) is 13.1 Å². The SMILES string of the molecule is O=C(O)C1CNC2C(=O)NCC2C1. The Morgan fingerprint density at radius 1 is 1.46 bits per heavy atom. The molecule has 72 valence electrons. The van der Waals surface area contributed by atoms with Gasteiger partial charge in [0, 0.05) is 19.0 Å². The van der Waals surface area contributed by atoms with Crippen molar-refractivity contribution < 1.29 is 14.7 Å². The second-order valence-electron chi connectivity index (χ2n) is 3.66. The van der Waals surface area contributed by atoms with Crippen LogP contribution in [0.25, 0.3) is 0 Å². The Morgan fingerprint density at radius 3 is 2.92 bits per heavy atom. The summed E-state index contributed by atoms with van der Waals surface area (Å²) in [5, 5.41) is 14.5. The monoisotopic (exact) mass is 184 g/mol. The van der Waals surface area contributed by atoms with Gasteiger partial charge in [-0.3, -0.25) is 9.59 Å². The number of hydrogen-bond acceptors (Lipinski definition) is 3. The summed E-state index contributed by atoms with van der Waals surface area (Å²) >= 11 is 0. The molecule has 0 aromatic heterocycles. The normalized spacial score (nSPS) is 38.2. The zero-order valence-electron chi connectivity index (χ0n) is 7.12. The van der Waals surface area contributed by atoms with Gasteiger partial charge in [0.1, 0.15) is 0 Å². The van der Waals surface area contributed by atoms with E-state index in [0.717, 1.165) is 0 Å². The van der Waals surface area contributed by atoms with Crippen LogP contribution in [0, 0.1) is 11.8 Å². The molecular formula is C8H12N2O3. The summed E-state index contributed by atoms with van der Waals surface area (Å²) in [6.07, 6.45) is 0.603. The average Bonchev–Trinajstić information content (AvgIpc) is 2.47. The van der Waals surface area contributed by atoms with Crippen LogP contribution in [0.4, 0.5) is 0 Å². The Bertz CT molecular complexity index is 254. The topological polar surface area (TPSA) is 78.4 Å². The third-order valence-corrected chi connectivity index (χ3v) is 2.81. The van der Waals surface area contributed by atoms with Gasteiger partial charge in [-0.25, -0.2) is 0 Å². The number of fused-ring (bicyclic) bond motifs is 1. The molecule has 5 nitrogen and oxygen atoms in total. The summed E-state index contributed by atoms with van der Waals surface area (Å²) in [6, 6.07) is -0.157. The second kappa shape index (κ2) is 2.99. The number of rotatable bonds is 1. The van der Waals surface area contributed by atoms with Crippen LogP contribution in [0.3, 0.4) is 0 Å². The zero-order chi connectivity index (χ0) is 9.42. The molecule has 13 heavy (non-hydrogen) atoms. The molecule has 2 saturated heterocycles. The van der Waals surface area contributed by atoms with E-state index >= 15 is 0 Å². The number of carboxylic acids is 1. The summed E-state index contributed by atoms with van der Waals surface area (Å²) in [5.41, 5.74) is 0. The van der Waals surface area contributed by atoms with Crippen molar-refractivity contribution in [3.8, 4) is 0 Å². The maximum atomic E-state index is 11.2. The number of carbonyl (C=O) groups excluding carboxylic acids is 1. The fraction of sp³-hybridized carbons (Fsp3) is 0.750. The molecule has 0 aromatic rings. The van der Waals surface area contributed by atoms with Crippen molar-refractivity contribution in [3.05, 3.63) is 0 Å². The van der Waals surface area contributed by atoms with Gasteiger partial charge >= 0.3 is 5.97 Å². The van der Waals surface area contributed by atoms with Crippen LogP contribution >= 0.6 is 0 Å². The van der Waals surface area contributed by atoms with Gasteiger partial charge in [-0.2, -0.15) is 0 Å². The highest BCUT2D eigenvalue weighted by Gasteiger charge is 2.41. The Labute approximate surface area is 75.5 Å². The van der Waals surface area contributed by atoms with E-state index in [1.807, 2.05) is 0 Å². The van der Waals surface area contributed by atoms with Gasteiger partial charge in [0.2, 0.25) is 5.91 Å². The van der Waals surface area contributed by atoms with Crippen molar-refractivity contribution in [2.45, 2.75) is 12.5 Å². The summed E-state index contributed by atoms with van der Waals surface area (Å²) in [7, 11) is 0. The molecule has 2 rings (SSSR count). The molecule has 3 N–H and O–H groups in total. The maximum absolute atomic E-state index is 11.2. The molecule has 0 aliphatic carbocycles. The molecule has 1 amide bonds. The van der Waals surface area contributed by atoms with Crippen molar-refractivity contribution in [2.24, 2.45) is 11.8 Å². The second-order valence-corrected chi connectivity index (χ2v) is 3.66. The minimum absolute atomic E-state index is 0.00818. The van der Waals surface area contributed by atoms with E-state index in [2.05, 4.69) is 10.6 Å². The first-order valence-corrected chi connectivity index (χ1v) is 4.42. The Balaban J connectivity index is 2.03. The molecule has 2 aliphatic heterocycles. The van der Waals surface area contributed by atoms with Crippen LogP contribution in [0.5, 0.6) is 0 Å². The molecule has 5 heteroatoms. The lowest BCUT2D eigenvalue weighted by atomic mass is 9.86. The molecule has 2 fully saturated rings. The number of carboxylic acid groups (broad SMARTS) is 1. The van der Waals surface area contributed by atoms with Crippen LogP contribution in [0.15, 0.2) is 0 Å². The highest BCUT2D eigenvalue weighted by atomic mass is 16.4. The highest BCUT2D eigenvalue weighted by molar-refractivity contribution is 5.85. The third-order valence-electron chi connectivity index (χ3n) is 2.81. The van der Waals surface area contributed by atoms with E-state index in [1.165, 1.54) is 0 Å².